The Kier molecular flexibility index (Phi) is 4.11. The maximum Gasteiger partial charge on any atom is 0.320 e. The summed E-state index contributed by atoms with van der Waals surface area (Å²) in [6, 6.07) is -0.0500. The highest BCUT2D eigenvalue weighted by molar-refractivity contribution is 5.72. The largest absolute Gasteiger partial charge is 0.480 e. The van der Waals surface area contributed by atoms with Crippen LogP contribution in [-0.2, 0) is 4.79 Å². The van der Waals surface area contributed by atoms with Gasteiger partial charge in [-0.3, -0.25) is 9.69 Å². The van der Waals surface area contributed by atoms with Crippen molar-refractivity contribution in [3.63, 3.8) is 0 Å². The molecule has 0 heterocycles. The minimum absolute atomic E-state index is 0.334. The molecule has 1 N–H and O–H groups in total. The zero-order valence-electron chi connectivity index (χ0n) is 7.66. The summed E-state index contributed by atoms with van der Waals surface area (Å²) in [5, 5.41) is 8.66. The molecule has 2 unspecified atom stereocenters. The first kappa shape index (κ1) is 10.4. The molecule has 0 fully saturated rings. The summed E-state index contributed by atoms with van der Waals surface area (Å²) in [4.78, 5) is 12.4. The Morgan fingerprint density at radius 1 is 1.55 bits per heavy atom. The van der Waals surface area contributed by atoms with Gasteiger partial charge in [0.2, 0.25) is 0 Å². The number of likely N-dealkylation sites (N-methyl/N-ethyl adjacent to an activating group) is 1. The molecule has 0 aromatic heterocycles. The first-order valence-corrected chi connectivity index (χ1v) is 3.95. The molecule has 0 radical (unpaired) electrons. The number of carboxylic acid groups (broad SMARTS) is 1. The number of hydrogen-bond acceptors (Lipinski definition) is 2. The van der Waals surface area contributed by atoms with Crippen LogP contribution in [0, 0.1) is 0 Å². The molecule has 2 atom stereocenters. The van der Waals surface area contributed by atoms with Gasteiger partial charge >= 0.3 is 5.97 Å². The van der Waals surface area contributed by atoms with Crippen molar-refractivity contribution in [1.29, 1.82) is 0 Å². The van der Waals surface area contributed by atoms with Gasteiger partial charge in [-0.1, -0.05) is 6.92 Å². The molecule has 0 saturated carbocycles. The Balaban J connectivity index is 4.00. The molecule has 0 rings (SSSR count). The Bertz CT molecular complexity index is 136. The molecule has 0 aliphatic heterocycles. The van der Waals surface area contributed by atoms with Gasteiger partial charge in [0.1, 0.15) is 6.04 Å². The van der Waals surface area contributed by atoms with Crippen molar-refractivity contribution in [3.05, 3.63) is 0 Å². The fraction of sp³-hybridized carbons (Fsp3) is 0.875. The second-order valence-electron chi connectivity index (χ2n) is 2.94. The fourth-order valence-electron chi connectivity index (χ4n) is 0.844. The number of rotatable bonds is 4. The number of carboxylic acids is 1. The van der Waals surface area contributed by atoms with E-state index in [2.05, 4.69) is 6.92 Å². The van der Waals surface area contributed by atoms with Crippen LogP contribution in [0.2, 0.25) is 0 Å². The summed E-state index contributed by atoms with van der Waals surface area (Å²) < 4.78 is 0. The smallest absolute Gasteiger partial charge is 0.320 e. The third-order valence-electron chi connectivity index (χ3n) is 2.25. The van der Waals surface area contributed by atoms with E-state index in [1.807, 2.05) is 18.9 Å². The van der Waals surface area contributed by atoms with Gasteiger partial charge in [0.25, 0.3) is 0 Å². The van der Waals surface area contributed by atoms with Crippen LogP contribution in [0.15, 0.2) is 0 Å². The Morgan fingerprint density at radius 2 is 2.00 bits per heavy atom. The fourth-order valence-corrected chi connectivity index (χ4v) is 0.844. The predicted molar refractivity (Wildman–Crippen MR) is 44.6 cm³/mol. The maximum atomic E-state index is 10.5. The van der Waals surface area contributed by atoms with Crippen molar-refractivity contribution in [2.45, 2.75) is 39.3 Å². The van der Waals surface area contributed by atoms with Gasteiger partial charge in [-0.05, 0) is 27.3 Å². The third kappa shape index (κ3) is 2.89. The van der Waals surface area contributed by atoms with Crippen LogP contribution >= 0.6 is 0 Å². The molecule has 0 amide bonds. The quantitative estimate of drug-likeness (QED) is 0.669. The summed E-state index contributed by atoms with van der Waals surface area (Å²) in [7, 11) is 1.84. The average Bonchev–Trinajstić information content (AvgIpc) is 2.00. The minimum Gasteiger partial charge on any atom is -0.480 e. The number of hydrogen-bond donors (Lipinski definition) is 1. The van der Waals surface area contributed by atoms with Gasteiger partial charge in [0, 0.05) is 6.04 Å². The van der Waals surface area contributed by atoms with E-state index in [1.54, 1.807) is 6.92 Å². The molecule has 0 spiro atoms. The number of nitrogens with zero attached hydrogens (tertiary/aromatic N) is 1. The highest BCUT2D eigenvalue weighted by Gasteiger charge is 2.19. The highest BCUT2D eigenvalue weighted by Crippen LogP contribution is 2.05. The van der Waals surface area contributed by atoms with E-state index in [0.29, 0.717) is 6.04 Å². The molecule has 0 aliphatic rings. The van der Waals surface area contributed by atoms with Gasteiger partial charge in [-0.2, -0.15) is 0 Å². The Hall–Kier alpha value is -0.570. The SMILES string of the molecule is CCC(C)N(C)C(C)C(=O)O. The van der Waals surface area contributed by atoms with Crippen LogP contribution in [-0.4, -0.2) is 35.1 Å². The third-order valence-corrected chi connectivity index (χ3v) is 2.25. The number of carbonyl (C=O) groups is 1. The van der Waals surface area contributed by atoms with E-state index in [0.717, 1.165) is 6.42 Å². The molecule has 0 aromatic rings. The lowest BCUT2D eigenvalue weighted by Crippen LogP contribution is -2.41. The molecule has 0 saturated heterocycles. The van der Waals surface area contributed by atoms with Gasteiger partial charge in [-0.25, -0.2) is 0 Å². The highest BCUT2D eigenvalue weighted by atomic mass is 16.4. The summed E-state index contributed by atoms with van der Waals surface area (Å²) in [6.45, 7) is 5.78. The summed E-state index contributed by atoms with van der Waals surface area (Å²) >= 11 is 0. The summed E-state index contributed by atoms with van der Waals surface area (Å²) in [6.07, 6.45) is 0.980. The van der Waals surface area contributed by atoms with E-state index in [-0.39, 0.29) is 6.04 Å². The van der Waals surface area contributed by atoms with Crippen LogP contribution in [0.1, 0.15) is 27.2 Å². The van der Waals surface area contributed by atoms with Crippen LogP contribution in [0.25, 0.3) is 0 Å². The topological polar surface area (TPSA) is 40.5 Å². The molecule has 0 bridgehead atoms. The first-order valence-electron chi connectivity index (χ1n) is 3.95. The van der Waals surface area contributed by atoms with Crippen LogP contribution < -0.4 is 0 Å². The zero-order chi connectivity index (χ0) is 9.02. The lowest BCUT2D eigenvalue weighted by atomic mass is 10.2. The molecule has 0 aromatic carbocycles. The lowest BCUT2D eigenvalue weighted by Gasteiger charge is -2.26. The van der Waals surface area contributed by atoms with E-state index in [9.17, 15) is 4.79 Å². The Labute approximate surface area is 68.0 Å². The van der Waals surface area contributed by atoms with Crippen molar-refractivity contribution in [2.24, 2.45) is 0 Å². The van der Waals surface area contributed by atoms with Crippen molar-refractivity contribution in [2.75, 3.05) is 7.05 Å². The monoisotopic (exact) mass is 159 g/mol. The standard InChI is InChI=1S/C8H17NO2/c1-5-6(2)9(4)7(3)8(10)11/h6-7H,5H2,1-4H3,(H,10,11). The molecule has 3 heteroatoms. The molecular weight excluding hydrogens is 142 g/mol. The second-order valence-corrected chi connectivity index (χ2v) is 2.94. The maximum absolute atomic E-state index is 10.5. The van der Waals surface area contributed by atoms with Crippen LogP contribution in [0.4, 0.5) is 0 Å². The van der Waals surface area contributed by atoms with Crippen molar-refractivity contribution in [1.82, 2.24) is 4.90 Å². The van der Waals surface area contributed by atoms with Gasteiger partial charge < -0.3 is 5.11 Å². The molecule has 3 nitrogen and oxygen atoms in total. The normalized spacial score (nSPS) is 16.5. The van der Waals surface area contributed by atoms with Crippen LogP contribution in [0.3, 0.4) is 0 Å². The second kappa shape index (κ2) is 4.34. The molecule has 66 valence electrons. The van der Waals surface area contributed by atoms with Crippen molar-refractivity contribution < 1.29 is 9.90 Å². The van der Waals surface area contributed by atoms with Gasteiger partial charge in [0.05, 0.1) is 0 Å². The molecule has 11 heavy (non-hydrogen) atoms. The van der Waals surface area contributed by atoms with E-state index in [4.69, 9.17) is 5.11 Å². The van der Waals surface area contributed by atoms with Crippen LogP contribution in [0.5, 0.6) is 0 Å². The zero-order valence-corrected chi connectivity index (χ0v) is 7.66. The van der Waals surface area contributed by atoms with Crippen molar-refractivity contribution in [3.8, 4) is 0 Å². The van der Waals surface area contributed by atoms with E-state index >= 15 is 0 Å². The van der Waals surface area contributed by atoms with Gasteiger partial charge in [0.15, 0.2) is 0 Å². The first-order chi connectivity index (χ1) is 5.00. The predicted octanol–water partition coefficient (Wildman–Crippen LogP) is 1.19. The Morgan fingerprint density at radius 3 is 2.27 bits per heavy atom. The molecule has 0 aliphatic carbocycles. The molecular formula is C8H17NO2. The van der Waals surface area contributed by atoms with E-state index in [1.165, 1.54) is 0 Å². The van der Waals surface area contributed by atoms with E-state index < -0.39 is 5.97 Å². The summed E-state index contributed by atoms with van der Waals surface area (Å²) in [5.74, 6) is -0.757. The van der Waals surface area contributed by atoms with Gasteiger partial charge in [-0.15, -0.1) is 0 Å². The average molecular weight is 159 g/mol. The number of aliphatic carboxylic acids is 1. The lowest BCUT2D eigenvalue weighted by molar-refractivity contribution is -0.142. The summed E-state index contributed by atoms with van der Waals surface area (Å²) in [5.41, 5.74) is 0. The minimum atomic E-state index is -0.757. The van der Waals surface area contributed by atoms with Crippen molar-refractivity contribution >= 4 is 5.97 Å².